The number of hydrogen-bond donors (Lipinski definition) is 1. The maximum Gasteiger partial charge on any atom is 0.356 e. The van der Waals surface area contributed by atoms with E-state index in [1.165, 1.54) is 12.3 Å². The molecule has 0 fully saturated rings. The van der Waals surface area contributed by atoms with Crippen LogP contribution in [-0.4, -0.2) is 33.0 Å². The predicted molar refractivity (Wildman–Crippen MR) is 168 cm³/mol. The number of aromatic nitrogens is 3. The molecular weight excluding hydrogens is 587 g/mol. The van der Waals surface area contributed by atoms with Crippen molar-refractivity contribution < 1.29 is 19.1 Å². The summed E-state index contributed by atoms with van der Waals surface area (Å²) < 4.78 is 13.0. The Balaban J connectivity index is 1.27. The molecule has 5 rings (SSSR count). The van der Waals surface area contributed by atoms with Crippen LogP contribution in [0.1, 0.15) is 39.9 Å². The van der Waals surface area contributed by atoms with E-state index in [1.54, 1.807) is 31.2 Å². The molecule has 0 saturated carbocycles. The zero-order chi connectivity index (χ0) is 30.3. The van der Waals surface area contributed by atoms with E-state index in [2.05, 4.69) is 15.3 Å². The van der Waals surface area contributed by atoms with E-state index < -0.39 is 5.97 Å². The highest BCUT2D eigenvalue weighted by atomic mass is 35.5. The molecule has 0 aliphatic carbocycles. The van der Waals surface area contributed by atoms with Crippen molar-refractivity contribution in [3.05, 3.63) is 123 Å². The number of para-hydroxylation sites is 1. The van der Waals surface area contributed by atoms with E-state index in [0.717, 1.165) is 22.3 Å². The highest BCUT2D eigenvalue weighted by Gasteiger charge is 2.16. The first kappa shape index (κ1) is 29.8. The van der Waals surface area contributed by atoms with Crippen molar-refractivity contribution in [2.75, 3.05) is 6.61 Å². The van der Waals surface area contributed by atoms with Crippen molar-refractivity contribution in [3.8, 4) is 11.4 Å². The lowest BCUT2D eigenvalue weighted by atomic mass is 10.1. The summed E-state index contributed by atoms with van der Waals surface area (Å²) in [5, 5.41) is 4.79. The van der Waals surface area contributed by atoms with E-state index >= 15 is 0 Å². The molecule has 218 valence electrons. The van der Waals surface area contributed by atoms with E-state index in [1.807, 2.05) is 66.2 Å². The Bertz CT molecular complexity index is 1820. The summed E-state index contributed by atoms with van der Waals surface area (Å²) in [7, 11) is 0. The number of benzene rings is 2. The van der Waals surface area contributed by atoms with Crippen LogP contribution in [0.5, 0.6) is 5.75 Å². The molecule has 10 heteroatoms. The van der Waals surface area contributed by atoms with Gasteiger partial charge in [0.2, 0.25) is 5.91 Å². The van der Waals surface area contributed by atoms with Gasteiger partial charge in [-0.25, -0.2) is 14.8 Å². The Labute approximate surface area is 258 Å². The second-order valence-corrected chi connectivity index (χ2v) is 10.3. The van der Waals surface area contributed by atoms with Gasteiger partial charge in [-0.1, -0.05) is 47.5 Å². The molecule has 0 atom stereocenters. The van der Waals surface area contributed by atoms with Crippen LogP contribution >= 0.6 is 23.2 Å². The first-order chi connectivity index (χ1) is 20.8. The summed E-state index contributed by atoms with van der Waals surface area (Å²) in [6, 6.07) is 20.4. The Morgan fingerprint density at radius 2 is 1.88 bits per heavy atom. The summed E-state index contributed by atoms with van der Waals surface area (Å²) in [4.78, 5) is 33.0. The number of aryl methyl sites for hydroxylation is 1. The van der Waals surface area contributed by atoms with Crippen molar-refractivity contribution >= 4 is 52.1 Å². The summed E-state index contributed by atoms with van der Waals surface area (Å²) in [6.07, 6.45) is 6.39. The van der Waals surface area contributed by atoms with Gasteiger partial charge in [0, 0.05) is 45.8 Å². The number of esters is 1. The fraction of sp³-hybridized carbons (Fsp3) is 0.152. The van der Waals surface area contributed by atoms with Gasteiger partial charge in [0.25, 0.3) is 0 Å². The fourth-order valence-corrected chi connectivity index (χ4v) is 4.99. The summed E-state index contributed by atoms with van der Waals surface area (Å²) in [5.41, 5.74) is 4.70. The summed E-state index contributed by atoms with van der Waals surface area (Å²) in [5.74, 6) is -0.143. The average Bonchev–Trinajstić information content (AvgIpc) is 3.47. The molecule has 0 aliphatic heterocycles. The normalized spacial score (nSPS) is 11.2. The number of pyridine rings is 2. The zero-order valence-electron chi connectivity index (χ0n) is 23.5. The maximum atomic E-state index is 12.6. The van der Waals surface area contributed by atoms with E-state index in [9.17, 15) is 9.59 Å². The van der Waals surface area contributed by atoms with Crippen LogP contribution in [0.25, 0.3) is 22.7 Å². The molecule has 0 radical (unpaired) electrons. The lowest BCUT2D eigenvalue weighted by molar-refractivity contribution is -0.116. The van der Waals surface area contributed by atoms with Crippen LogP contribution in [-0.2, 0) is 22.7 Å². The van der Waals surface area contributed by atoms with Crippen LogP contribution < -0.4 is 10.1 Å². The third-order valence-corrected chi connectivity index (χ3v) is 7.37. The number of nitrogens with one attached hydrogen (secondary N) is 1. The monoisotopic (exact) mass is 614 g/mol. The molecule has 0 unspecified atom stereocenters. The number of nitrogens with zero attached hydrogens (tertiary/aromatic N) is 3. The van der Waals surface area contributed by atoms with E-state index in [0.29, 0.717) is 32.6 Å². The van der Waals surface area contributed by atoms with E-state index in [4.69, 9.17) is 32.7 Å². The van der Waals surface area contributed by atoms with Crippen molar-refractivity contribution in [1.29, 1.82) is 0 Å². The molecule has 1 amide bonds. The maximum absolute atomic E-state index is 12.6. The van der Waals surface area contributed by atoms with Crippen molar-refractivity contribution in [1.82, 2.24) is 19.9 Å². The lowest BCUT2D eigenvalue weighted by Crippen LogP contribution is -2.21. The fourth-order valence-electron chi connectivity index (χ4n) is 4.42. The zero-order valence-corrected chi connectivity index (χ0v) is 25.0. The highest BCUT2D eigenvalue weighted by molar-refractivity contribution is 6.37. The first-order valence-corrected chi connectivity index (χ1v) is 14.3. The number of carbonyl (C=O) groups excluding carboxylic acids is 2. The van der Waals surface area contributed by atoms with Gasteiger partial charge in [0.05, 0.1) is 23.9 Å². The standard InChI is InChI=1S/C33H28Cl2N4O4/c1-3-42-33(41)27-14-10-22(18-36-27)11-16-30(40)37-19-24-7-5-17-39(24)28-15-13-26(34)25(31(28)35)20-43-29-8-4-6-23-12-9-21(2)38-32(23)29/h4-18H,3,19-20H2,1-2H3,(H,37,40)/b16-11+. The third-order valence-electron chi connectivity index (χ3n) is 6.59. The molecule has 1 N–H and O–H groups in total. The number of halogens is 2. The Morgan fingerprint density at radius 3 is 2.67 bits per heavy atom. The SMILES string of the molecule is CCOC(=O)c1ccc(/C=C/C(=O)NCc2cccn2-c2ccc(Cl)c(COc3cccc4ccc(C)nc34)c2Cl)cn1. The lowest BCUT2D eigenvalue weighted by Gasteiger charge is -2.16. The van der Waals surface area contributed by atoms with Crippen molar-refractivity contribution in [2.24, 2.45) is 0 Å². The molecule has 43 heavy (non-hydrogen) atoms. The number of amides is 1. The Hall–Kier alpha value is -4.66. The number of carbonyl (C=O) groups is 2. The van der Waals surface area contributed by atoms with Crippen molar-refractivity contribution in [3.63, 3.8) is 0 Å². The largest absolute Gasteiger partial charge is 0.487 e. The van der Waals surface area contributed by atoms with Gasteiger partial charge in [-0.3, -0.25) is 4.79 Å². The molecule has 2 aromatic carbocycles. The van der Waals surface area contributed by atoms with E-state index in [-0.39, 0.29) is 31.4 Å². The summed E-state index contributed by atoms with van der Waals surface area (Å²) >= 11 is 13.4. The molecule has 3 aromatic heterocycles. The quantitative estimate of drug-likeness (QED) is 0.133. The van der Waals surface area contributed by atoms with Gasteiger partial charge in [0.1, 0.15) is 23.6 Å². The second-order valence-electron chi connectivity index (χ2n) is 9.55. The van der Waals surface area contributed by atoms with Gasteiger partial charge < -0.3 is 19.4 Å². The molecule has 0 spiro atoms. The van der Waals surface area contributed by atoms with Gasteiger partial charge in [-0.15, -0.1) is 0 Å². The Morgan fingerprint density at radius 1 is 1.02 bits per heavy atom. The average molecular weight is 616 g/mol. The molecule has 0 aliphatic rings. The molecular formula is C33H28Cl2N4O4. The van der Waals surface area contributed by atoms with Gasteiger partial charge >= 0.3 is 5.97 Å². The topological polar surface area (TPSA) is 95.3 Å². The molecule has 5 aromatic rings. The minimum atomic E-state index is -0.489. The first-order valence-electron chi connectivity index (χ1n) is 13.6. The van der Waals surface area contributed by atoms with Gasteiger partial charge in [-0.2, -0.15) is 0 Å². The molecule has 8 nitrogen and oxygen atoms in total. The smallest absolute Gasteiger partial charge is 0.356 e. The molecule has 0 bridgehead atoms. The Kier molecular flexibility index (Phi) is 9.39. The third kappa shape index (κ3) is 7.05. The van der Waals surface area contributed by atoms with Gasteiger partial charge in [0.15, 0.2) is 0 Å². The number of fused-ring (bicyclic) bond motifs is 1. The van der Waals surface area contributed by atoms with Crippen LogP contribution in [0.3, 0.4) is 0 Å². The van der Waals surface area contributed by atoms with Crippen molar-refractivity contribution in [2.45, 2.75) is 27.0 Å². The molecule has 3 heterocycles. The van der Waals surface area contributed by atoms with Gasteiger partial charge in [-0.05, 0) is 68.0 Å². The molecule has 0 saturated heterocycles. The van der Waals surface area contributed by atoms with Crippen LogP contribution in [0.2, 0.25) is 10.0 Å². The second kappa shape index (κ2) is 13.5. The highest BCUT2D eigenvalue weighted by Crippen LogP contribution is 2.33. The number of rotatable bonds is 10. The van der Waals surface area contributed by atoms with Crippen LogP contribution in [0.15, 0.2) is 85.2 Å². The minimum Gasteiger partial charge on any atom is -0.487 e. The predicted octanol–water partition coefficient (Wildman–Crippen LogP) is 7.12. The number of hydrogen-bond acceptors (Lipinski definition) is 6. The van der Waals surface area contributed by atoms with Crippen LogP contribution in [0, 0.1) is 6.92 Å². The number of ether oxygens (including phenoxy) is 2. The van der Waals surface area contributed by atoms with Crippen LogP contribution in [0.4, 0.5) is 0 Å². The summed E-state index contributed by atoms with van der Waals surface area (Å²) in [6.45, 7) is 4.34. The minimum absolute atomic E-state index is 0.147.